The zero-order valence-electron chi connectivity index (χ0n) is 11.5. The first-order valence-corrected chi connectivity index (χ1v) is 6.61. The number of anilines is 1. The number of nitrogen functional groups attached to an aromatic ring is 1. The summed E-state index contributed by atoms with van der Waals surface area (Å²) in [5.41, 5.74) is 9.23. The Labute approximate surface area is 115 Å². The molecule has 0 aromatic carbocycles. The third-order valence-electron chi connectivity index (χ3n) is 3.64. The van der Waals surface area contributed by atoms with E-state index < -0.39 is 0 Å². The highest BCUT2D eigenvalue weighted by Crippen LogP contribution is 2.42. The van der Waals surface area contributed by atoms with Gasteiger partial charge in [0, 0.05) is 18.0 Å². The first kappa shape index (κ1) is 12.7. The van der Waals surface area contributed by atoms with Crippen LogP contribution in [0.3, 0.4) is 0 Å². The molecule has 2 aromatic heterocycles. The number of carbonyl (C=O) groups is 1. The highest BCUT2D eigenvalue weighted by Gasteiger charge is 2.30. The van der Waals surface area contributed by atoms with Gasteiger partial charge in [0.2, 0.25) is 0 Å². The van der Waals surface area contributed by atoms with E-state index in [9.17, 15) is 4.79 Å². The number of carbonyl (C=O) groups excluding carboxylic acids is 1. The Morgan fingerprint density at radius 2 is 2.25 bits per heavy atom. The standard InChI is InChI=1S/C13H17N5O2/c1-6-9(7(2)20-18-6)5-15-13(19)12-10(14)11(16-17-12)8-3-4-8/h8H,3-5,14H2,1-2H3,(H,15,19)(H,16,17). The number of aryl methyl sites for hydroxylation is 2. The quantitative estimate of drug-likeness (QED) is 0.781. The number of H-pyrrole nitrogens is 1. The normalized spacial score (nSPS) is 14.5. The van der Waals surface area contributed by atoms with E-state index >= 15 is 0 Å². The summed E-state index contributed by atoms with van der Waals surface area (Å²) in [6.45, 7) is 4.01. The number of nitrogens with one attached hydrogen (secondary N) is 2. The topological polar surface area (TPSA) is 110 Å². The number of nitrogens with two attached hydrogens (primary N) is 1. The second-order valence-electron chi connectivity index (χ2n) is 5.16. The summed E-state index contributed by atoms with van der Waals surface area (Å²) in [5, 5.41) is 13.5. The number of nitrogens with zero attached hydrogens (tertiary/aromatic N) is 2. The molecule has 1 amide bonds. The summed E-state index contributed by atoms with van der Waals surface area (Å²) in [6, 6.07) is 0. The molecule has 20 heavy (non-hydrogen) atoms. The molecule has 0 bridgehead atoms. The number of hydrogen-bond donors (Lipinski definition) is 3. The maximum atomic E-state index is 12.1. The Morgan fingerprint density at radius 1 is 1.50 bits per heavy atom. The van der Waals surface area contributed by atoms with Crippen LogP contribution in [0.2, 0.25) is 0 Å². The number of rotatable bonds is 4. The smallest absolute Gasteiger partial charge is 0.274 e. The molecule has 1 fully saturated rings. The van der Waals surface area contributed by atoms with Gasteiger partial charge in [0.05, 0.1) is 17.1 Å². The molecule has 3 rings (SSSR count). The summed E-state index contributed by atoms with van der Waals surface area (Å²) in [5.74, 6) is 0.855. The molecule has 0 unspecified atom stereocenters. The van der Waals surface area contributed by atoms with Crippen LogP contribution >= 0.6 is 0 Å². The second kappa shape index (κ2) is 4.66. The lowest BCUT2D eigenvalue weighted by molar-refractivity contribution is 0.0946. The monoisotopic (exact) mass is 275 g/mol. The van der Waals surface area contributed by atoms with E-state index in [1.165, 1.54) is 0 Å². The van der Waals surface area contributed by atoms with Crippen molar-refractivity contribution in [1.82, 2.24) is 20.7 Å². The third-order valence-corrected chi connectivity index (χ3v) is 3.64. The molecule has 0 saturated heterocycles. The highest BCUT2D eigenvalue weighted by atomic mass is 16.5. The molecule has 7 heteroatoms. The van der Waals surface area contributed by atoms with Crippen LogP contribution in [-0.4, -0.2) is 21.3 Å². The van der Waals surface area contributed by atoms with Gasteiger partial charge in [0.25, 0.3) is 5.91 Å². The molecule has 1 aliphatic rings. The Balaban J connectivity index is 1.70. The van der Waals surface area contributed by atoms with E-state index in [4.69, 9.17) is 10.3 Å². The van der Waals surface area contributed by atoms with E-state index in [-0.39, 0.29) is 11.6 Å². The summed E-state index contributed by atoms with van der Waals surface area (Å²) in [7, 11) is 0. The molecule has 7 nitrogen and oxygen atoms in total. The minimum atomic E-state index is -0.286. The molecule has 0 aliphatic heterocycles. The Morgan fingerprint density at radius 3 is 2.85 bits per heavy atom. The molecule has 0 radical (unpaired) electrons. The lowest BCUT2D eigenvalue weighted by Gasteiger charge is -2.03. The molecule has 106 valence electrons. The van der Waals surface area contributed by atoms with E-state index in [1.807, 2.05) is 13.8 Å². The van der Waals surface area contributed by atoms with Crippen LogP contribution in [0.25, 0.3) is 0 Å². The molecule has 2 aromatic rings. The second-order valence-corrected chi connectivity index (χ2v) is 5.16. The number of aromatic nitrogens is 3. The van der Waals surface area contributed by atoms with Gasteiger partial charge < -0.3 is 15.6 Å². The van der Waals surface area contributed by atoms with E-state index in [1.54, 1.807) is 0 Å². The van der Waals surface area contributed by atoms with Crippen molar-refractivity contribution in [3.63, 3.8) is 0 Å². The van der Waals surface area contributed by atoms with Gasteiger partial charge in [-0.05, 0) is 26.7 Å². The lowest BCUT2D eigenvalue weighted by Crippen LogP contribution is -2.24. The summed E-state index contributed by atoms with van der Waals surface area (Å²) >= 11 is 0. The van der Waals surface area contributed by atoms with Crippen LogP contribution in [0, 0.1) is 13.8 Å². The van der Waals surface area contributed by atoms with Gasteiger partial charge in [-0.3, -0.25) is 9.89 Å². The van der Waals surface area contributed by atoms with Crippen LogP contribution in [0.1, 0.15) is 52.0 Å². The van der Waals surface area contributed by atoms with Crippen LogP contribution < -0.4 is 11.1 Å². The third kappa shape index (κ3) is 2.15. The molecule has 4 N–H and O–H groups in total. The minimum absolute atomic E-state index is 0.263. The Hall–Kier alpha value is -2.31. The molecule has 1 aliphatic carbocycles. The van der Waals surface area contributed by atoms with Crippen molar-refractivity contribution in [2.45, 2.75) is 39.2 Å². The van der Waals surface area contributed by atoms with Gasteiger partial charge in [0.15, 0.2) is 5.69 Å². The molecular formula is C13H17N5O2. The van der Waals surface area contributed by atoms with Crippen molar-refractivity contribution in [3.8, 4) is 0 Å². The van der Waals surface area contributed by atoms with Gasteiger partial charge in [0.1, 0.15) is 5.76 Å². The van der Waals surface area contributed by atoms with Crippen molar-refractivity contribution in [1.29, 1.82) is 0 Å². The summed E-state index contributed by atoms with van der Waals surface area (Å²) < 4.78 is 5.05. The average Bonchev–Trinajstić information content (AvgIpc) is 3.12. The number of aromatic amines is 1. The largest absolute Gasteiger partial charge is 0.395 e. The summed E-state index contributed by atoms with van der Waals surface area (Å²) in [6.07, 6.45) is 2.21. The van der Waals surface area contributed by atoms with Gasteiger partial charge in [-0.25, -0.2) is 0 Å². The molecule has 1 saturated carbocycles. The zero-order chi connectivity index (χ0) is 14.3. The molecule has 2 heterocycles. The van der Waals surface area contributed by atoms with Gasteiger partial charge in [-0.2, -0.15) is 5.10 Å². The molecular weight excluding hydrogens is 258 g/mol. The van der Waals surface area contributed by atoms with Gasteiger partial charge in [-0.1, -0.05) is 5.16 Å². The van der Waals surface area contributed by atoms with Crippen molar-refractivity contribution in [3.05, 3.63) is 28.4 Å². The zero-order valence-corrected chi connectivity index (χ0v) is 11.5. The van der Waals surface area contributed by atoms with Crippen molar-refractivity contribution in [2.24, 2.45) is 0 Å². The minimum Gasteiger partial charge on any atom is -0.395 e. The van der Waals surface area contributed by atoms with Gasteiger partial charge >= 0.3 is 0 Å². The van der Waals surface area contributed by atoms with Crippen LogP contribution in [0.4, 0.5) is 5.69 Å². The van der Waals surface area contributed by atoms with Crippen molar-refractivity contribution < 1.29 is 9.32 Å². The number of amides is 1. The van der Waals surface area contributed by atoms with E-state index in [0.29, 0.717) is 23.9 Å². The highest BCUT2D eigenvalue weighted by molar-refractivity contribution is 5.97. The van der Waals surface area contributed by atoms with Crippen LogP contribution in [0.15, 0.2) is 4.52 Å². The van der Waals surface area contributed by atoms with Crippen molar-refractivity contribution in [2.75, 3.05) is 5.73 Å². The van der Waals surface area contributed by atoms with E-state index in [0.717, 1.165) is 29.8 Å². The van der Waals surface area contributed by atoms with Crippen LogP contribution in [-0.2, 0) is 6.54 Å². The number of hydrogen-bond acceptors (Lipinski definition) is 5. The fourth-order valence-electron chi connectivity index (χ4n) is 2.23. The summed E-state index contributed by atoms with van der Waals surface area (Å²) in [4.78, 5) is 12.1. The molecule has 0 atom stereocenters. The van der Waals surface area contributed by atoms with Crippen molar-refractivity contribution >= 4 is 11.6 Å². The Bertz CT molecular complexity index is 634. The maximum absolute atomic E-state index is 12.1. The molecule has 0 spiro atoms. The predicted octanol–water partition coefficient (Wildman–Crippen LogP) is 1.40. The first-order valence-electron chi connectivity index (χ1n) is 6.61. The fraction of sp³-hybridized carbons (Fsp3) is 0.462. The first-order chi connectivity index (χ1) is 9.58. The maximum Gasteiger partial charge on any atom is 0.274 e. The van der Waals surface area contributed by atoms with Gasteiger partial charge in [-0.15, -0.1) is 0 Å². The van der Waals surface area contributed by atoms with Crippen LogP contribution in [0.5, 0.6) is 0 Å². The van der Waals surface area contributed by atoms with E-state index in [2.05, 4.69) is 20.7 Å². The Kier molecular flexibility index (Phi) is 2.96. The average molecular weight is 275 g/mol. The fourth-order valence-corrected chi connectivity index (χ4v) is 2.23. The lowest BCUT2D eigenvalue weighted by atomic mass is 10.2. The predicted molar refractivity (Wildman–Crippen MR) is 72.1 cm³/mol. The SMILES string of the molecule is Cc1noc(C)c1CNC(=O)c1n[nH]c(C2CC2)c1N.